The molecule has 8 nitrogen and oxygen atoms in total. The highest BCUT2D eigenvalue weighted by Gasteiger charge is 2.18. The summed E-state index contributed by atoms with van der Waals surface area (Å²) >= 11 is 0. The number of nitrogens with zero attached hydrogens (tertiary/aromatic N) is 3. The summed E-state index contributed by atoms with van der Waals surface area (Å²) in [6.45, 7) is 2.71. The van der Waals surface area contributed by atoms with Gasteiger partial charge in [0.25, 0.3) is 5.89 Å². The van der Waals surface area contributed by atoms with E-state index in [4.69, 9.17) is 13.9 Å². The lowest BCUT2D eigenvalue weighted by atomic mass is 10.2. The first-order chi connectivity index (χ1) is 14.7. The molecule has 0 fully saturated rings. The van der Waals surface area contributed by atoms with Crippen LogP contribution in [0.1, 0.15) is 18.4 Å². The van der Waals surface area contributed by atoms with E-state index >= 15 is 0 Å². The molecule has 30 heavy (non-hydrogen) atoms. The van der Waals surface area contributed by atoms with Crippen LogP contribution in [-0.4, -0.2) is 27.5 Å². The van der Waals surface area contributed by atoms with Crippen LogP contribution in [0, 0.1) is 0 Å². The van der Waals surface area contributed by atoms with Crippen LogP contribution in [-0.2, 0) is 24.3 Å². The van der Waals surface area contributed by atoms with Gasteiger partial charge in [0, 0.05) is 23.9 Å². The van der Waals surface area contributed by atoms with Gasteiger partial charge in [-0.15, -0.1) is 10.2 Å². The molecular formula is C22H20N4O4. The molecule has 0 saturated carbocycles. The molecule has 1 amide bonds. The molecule has 5 rings (SSSR count). The lowest BCUT2D eigenvalue weighted by Crippen LogP contribution is -2.27. The number of fused-ring (bicyclic) bond motifs is 2. The predicted octanol–water partition coefficient (Wildman–Crippen LogP) is 3.30. The van der Waals surface area contributed by atoms with Crippen LogP contribution < -0.4 is 14.8 Å². The molecular weight excluding hydrogens is 384 g/mol. The summed E-state index contributed by atoms with van der Waals surface area (Å²) in [7, 11) is 0. The Morgan fingerprint density at radius 2 is 1.97 bits per heavy atom. The molecule has 1 N–H and O–H groups in total. The Morgan fingerprint density at radius 3 is 2.83 bits per heavy atom. The van der Waals surface area contributed by atoms with E-state index in [9.17, 15) is 4.79 Å². The fraction of sp³-hybridized carbons (Fsp3) is 0.227. The van der Waals surface area contributed by atoms with E-state index in [1.165, 1.54) is 0 Å². The molecule has 0 atom stereocenters. The van der Waals surface area contributed by atoms with Crippen molar-refractivity contribution in [2.24, 2.45) is 0 Å². The van der Waals surface area contributed by atoms with Gasteiger partial charge in [-0.2, -0.15) is 0 Å². The number of nitrogens with one attached hydrogen (secondary N) is 1. The quantitative estimate of drug-likeness (QED) is 0.530. The van der Waals surface area contributed by atoms with Crippen molar-refractivity contribution < 1.29 is 18.7 Å². The summed E-state index contributed by atoms with van der Waals surface area (Å²) in [5.41, 5.74) is 2.60. The highest BCUT2D eigenvalue weighted by atomic mass is 16.7. The molecule has 0 radical (unpaired) electrons. The number of para-hydroxylation sites is 1. The Morgan fingerprint density at radius 1 is 1.10 bits per heavy atom. The van der Waals surface area contributed by atoms with Crippen LogP contribution in [0.15, 0.2) is 52.9 Å². The second kappa shape index (κ2) is 7.55. The fourth-order valence-corrected chi connectivity index (χ4v) is 3.51. The normalized spacial score (nSPS) is 12.4. The van der Waals surface area contributed by atoms with Crippen LogP contribution in [0.5, 0.6) is 11.5 Å². The van der Waals surface area contributed by atoms with Crippen molar-refractivity contribution in [2.45, 2.75) is 26.4 Å². The molecule has 0 bridgehead atoms. The molecule has 2 aromatic carbocycles. The van der Waals surface area contributed by atoms with E-state index in [1.54, 1.807) is 0 Å². The maximum atomic E-state index is 12.8. The van der Waals surface area contributed by atoms with Crippen LogP contribution in [0.25, 0.3) is 22.5 Å². The number of carbonyl (C=O) groups is 1. The lowest BCUT2D eigenvalue weighted by molar-refractivity contribution is -0.121. The van der Waals surface area contributed by atoms with Gasteiger partial charge < -0.3 is 23.8 Å². The van der Waals surface area contributed by atoms with Gasteiger partial charge >= 0.3 is 0 Å². The third-order valence-corrected chi connectivity index (χ3v) is 5.03. The first-order valence-corrected chi connectivity index (χ1v) is 9.77. The average Bonchev–Trinajstić information content (AvgIpc) is 3.50. The Hall–Kier alpha value is -3.81. The number of ether oxygens (including phenoxy) is 2. The number of aromatic nitrogens is 3. The van der Waals surface area contributed by atoms with Crippen LogP contribution >= 0.6 is 0 Å². The highest BCUT2D eigenvalue weighted by Crippen LogP contribution is 2.32. The number of hydrogen-bond donors (Lipinski definition) is 1. The predicted molar refractivity (Wildman–Crippen MR) is 109 cm³/mol. The van der Waals surface area contributed by atoms with Gasteiger partial charge in [0.1, 0.15) is 12.2 Å². The van der Waals surface area contributed by atoms with E-state index in [-0.39, 0.29) is 19.2 Å². The number of benzene rings is 2. The zero-order valence-electron chi connectivity index (χ0n) is 16.4. The highest BCUT2D eigenvalue weighted by molar-refractivity contribution is 5.88. The smallest absolute Gasteiger partial charge is 0.264 e. The van der Waals surface area contributed by atoms with Gasteiger partial charge in [0.2, 0.25) is 18.6 Å². The van der Waals surface area contributed by atoms with Crippen molar-refractivity contribution in [1.82, 2.24) is 20.1 Å². The van der Waals surface area contributed by atoms with Gasteiger partial charge in [-0.25, -0.2) is 0 Å². The minimum atomic E-state index is -0.120. The zero-order chi connectivity index (χ0) is 20.5. The first-order valence-electron chi connectivity index (χ1n) is 9.77. The monoisotopic (exact) mass is 404 g/mol. The van der Waals surface area contributed by atoms with Crippen molar-refractivity contribution in [1.29, 1.82) is 0 Å². The standard InChI is InChI=1S/C22H20N4O4/c1-2-21-24-25-22(30-21)17-10-15-5-3-4-6-16(15)26(17)12-20(27)23-11-14-7-8-18-19(9-14)29-13-28-18/h3-10H,2,11-13H2,1H3,(H,23,27). The molecule has 1 aliphatic rings. The number of hydrogen-bond acceptors (Lipinski definition) is 6. The number of aryl methyl sites for hydroxylation is 1. The summed E-state index contributed by atoms with van der Waals surface area (Å²) in [5, 5.41) is 12.2. The summed E-state index contributed by atoms with van der Waals surface area (Å²) in [5.74, 6) is 2.27. The minimum Gasteiger partial charge on any atom is -0.454 e. The first kappa shape index (κ1) is 18.2. The van der Waals surface area contributed by atoms with E-state index in [0.717, 1.165) is 27.9 Å². The SMILES string of the molecule is CCc1nnc(-c2cc3ccccc3n2CC(=O)NCc2ccc3c(c2)OCO3)o1. The Bertz CT molecular complexity index is 1230. The van der Waals surface area contributed by atoms with Crippen molar-refractivity contribution in [3.63, 3.8) is 0 Å². The van der Waals surface area contributed by atoms with Gasteiger partial charge in [0.05, 0.1) is 0 Å². The van der Waals surface area contributed by atoms with Crippen LogP contribution in [0.4, 0.5) is 0 Å². The van der Waals surface area contributed by atoms with Crippen molar-refractivity contribution >= 4 is 16.8 Å². The molecule has 0 unspecified atom stereocenters. The maximum absolute atomic E-state index is 12.8. The van der Waals surface area contributed by atoms with Crippen LogP contribution in [0.3, 0.4) is 0 Å². The second-order valence-corrected chi connectivity index (χ2v) is 6.99. The minimum absolute atomic E-state index is 0.120. The maximum Gasteiger partial charge on any atom is 0.264 e. The molecule has 4 aromatic rings. The number of rotatable bonds is 6. The molecule has 0 aliphatic carbocycles. The molecule has 0 spiro atoms. The Labute approximate surface area is 172 Å². The van der Waals surface area contributed by atoms with Crippen molar-refractivity contribution in [3.05, 3.63) is 60.0 Å². The molecule has 152 valence electrons. The Balaban J connectivity index is 1.37. The van der Waals surface area contributed by atoms with Gasteiger partial charge in [-0.1, -0.05) is 31.2 Å². The summed E-state index contributed by atoms with van der Waals surface area (Å²) in [6, 6.07) is 15.5. The number of carbonyl (C=O) groups excluding carboxylic acids is 1. The molecule has 0 saturated heterocycles. The summed E-state index contributed by atoms with van der Waals surface area (Å²) < 4.78 is 18.4. The zero-order valence-corrected chi connectivity index (χ0v) is 16.4. The van der Waals surface area contributed by atoms with E-state index < -0.39 is 0 Å². The van der Waals surface area contributed by atoms with E-state index in [0.29, 0.717) is 30.5 Å². The van der Waals surface area contributed by atoms with Gasteiger partial charge in [-0.05, 0) is 29.8 Å². The molecule has 2 aromatic heterocycles. The largest absolute Gasteiger partial charge is 0.454 e. The fourth-order valence-electron chi connectivity index (χ4n) is 3.51. The lowest BCUT2D eigenvalue weighted by Gasteiger charge is -2.10. The Kier molecular flexibility index (Phi) is 4.59. The van der Waals surface area contributed by atoms with Crippen LogP contribution in [0.2, 0.25) is 0 Å². The molecule has 3 heterocycles. The number of amides is 1. The topological polar surface area (TPSA) is 91.4 Å². The van der Waals surface area contributed by atoms with E-state index in [2.05, 4.69) is 15.5 Å². The second-order valence-electron chi connectivity index (χ2n) is 6.99. The van der Waals surface area contributed by atoms with E-state index in [1.807, 2.05) is 60.0 Å². The van der Waals surface area contributed by atoms with Gasteiger partial charge in [0.15, 0.2) is 11.5 Å². The average molecular weight is 404 g/mol. The van der Waals surface area contributed by atoms with Gasteiger partial charge in [-0.3, -0.25) is 4.79 Å². The third kappa shape index (κ3) is 3.36. The third-order valence-electron chi connectivity index (χ3n) is 5.03. The summed E-state index contributed by atoms with van der Waals surface area (Å²) in [4.78, 5) is 12.8. The van der Waals surface area contributed by atoms with Crippen molar-refractivity contribution in [3.8, 4) is 23.1 Å². The molecule has 1 aliphatic heterocycles. The summed E-state index contributed by atoms with van der Waals surface area (Å²) in [6.07, 6.45) is 0.656. The van der Waals surface area contributed by atoms with Crippen molar-refractivity contribution in [2.75, 3.05) is 6.79 Å². The molecule has 8 heteroatoms.